The van der Waals surface area contributed by atoms with Crippen LogP contribution in [0.15, 0.2) is 122 Å². The van der Waals surface area contributed by atoms with Gasteiger partial charge in [0.2, 0.25) is 6.41 Å². The number of hydrogen-bond donors (Lipinski definition) is 3. The van der Waals surface area contributed by atoms with E-state index in [1.807, 2.05) is 24.3 Å². The van der Waals surface area contributed by atoms with Crippen LogP contribution >= 0.6 is 0 Å². The highest BCUT2D eigenvalue weighted by molar-refractivity contribution is 5.99. The van der Waals surface area contributed by atoms with Crippen LogP contribution in [0.5, 0.6) is 0 Å². The Labute approximate surface area is 300 Å². The number of amides is 2. The Balaban J connectivity index is 1.29. The van der Waals surface area contributed by atoms with Crippen LogP contribution < -0.4 is 20.9 Å². The molecule has 0 aliphatic rings. The standard InChI is InChI=1S/C40H36F2N8O2/c41-32-9-1-5-28(21-32)15-19-45-38-34(40(52)47-25-30-7-3-17-43-23-30)11-12-35(48-38)36-13-14-37(50(27-51)26-31-8-4-18-44-24-31)39(49-36)46-20-16-29-6-2-10-33(42)22-29/h1-14,17-18,21-24,27H,15-16,19-20,25-26H2,(H,45,48)(H,46,49)(H,47,52). The first kappa shape index (κ1) is 35.3. The smallest absolute Gasteiger partial charge is 0.255 e. The fourth-order valence-electron chi connectivity index (χ4n) is 5.56. The number of pyridine rings is 4. The van der Waals surface area contributed by atoms with Crippen LogP contribution in [0.25, 0.3) is 11.4 Å². The van der Waals surface area contributed by atoms with Gasteiger partial charge in [-0.05, 0) is 95.8 Å². The van der Waals surface area contributed by atoms with E-state index in [-0.39, 0.29) is 30.6 Å². The molecule has 2 amide bonds. The first-order chi connectivity index (χ1) is 25.4. The van der Waals surface area contributed by atoms with Crippen molar-refractivity contribution in [2.24, 2.45) is 0 Å². The summed E-state index contributed by atoms with van der Waals surface area (Å²) in [6.45, 7) is 1.32. The van der Waals surface area contributed by atoms with Crippen molar-refractivity contribution in [3.63, 3.8) is 0 Å². The molecule has 52 heavy (non-hydrogen) atoms. The normalized spacial score (nSPS) is 10.7. The Kier molecular flexibility index (Phi) is 11.8. The molecule has 12 heteroatoms. The average molecular weight is 699 g/mol. The maximum Gasteiger partial charge on any atom is 0.255 e. The summed E-state index contributed by atoms with van der Waals surface area (Å²) in [5, 5.41) is 9.52. The third-order valence-electron chi connectivity index (χ3n) is 8.15. The first-order valence-electron chi connectivity index (χ1n) is 16.7. The van der Waals surface area contributed by atoms with E-state index in [4.69, 9.17) is 9.97 Å². The minimum Gasteiger partial charge on any atom is -0.369 e. The number of halogens is 2. The molecule has 3 N–H and O–H groups in total. The predicted molar refractivity (Wildman–Crippen MR) is 197 cm³/mol. The number of nitrogens with one attached hydrogen (secondary N) is 3. The highest BCUT2D eigenvalue weighted by Gasteiger charge is 2.18. The van der Waals surface area contributed by atoms with Crippen LogP contribution in [0.1, 0.15) is 32.6 Å². The lowest BCUT2D eigenvalue weighted by Gasteiger charge is -2.22. The van der Waals surface area contributed by atoms with Crippen molar-refractivity contribution in [1.29, 1.82) is 0 Å². The van der Waals surface area contributed by atoms with Crippen molar-refractivity contribution in [2.45, 2.75) is 25.9 Å². The average Bonchev–Trinajstić information content (AvgIpc) is 3.17. The van der Waals surface area contributed by atoms with Gasteiger partial charge in [-0.2, -0.15) is 0 Å². The Hall–Kier alpha value is -6.56. The van der Waals surface area contributed by atoms with Crippen LogP contribution in [-0.2, 0) is 30.7 Å². The summed E-state index contributed by atoms with van der Waals surface area (Å²) >= 11 is 0. The van der Waals surface area contributed by atoms with E-state index >= 15 is 0 Å². The maximum atomic E-state index is 13.9. The van der Waals surface area contributed by atoms with Crippen LogP contribution in [-0.4, -0.2) is 45.3 Å². The van der Waals surface area contributed by atoms with E-state index in [1.54, 1.807) is 73.3 Å². The monoisotopic (exact) mass is 698 g/mol. The molecule has 6 rings (SSSR count). The summed E-state index contributed by atoms with van der Waals surface area (Å²) in [6.07, 6.45) is 8.44. The first-order valence-corrected chi connectivity index (χ1v) is 16.7. The molecule has 0 aliphatic carbocycles. The van der Waals surface area contributed by atoms with Gasteiger partial charge < -0.3 is 20.9 Å². The van der Waals surface area contributed by atoms with Gasteiger partial charge in [0.1, 0.15) is 17.5 Å². The Morgan fingerprint density at radius 1 is 0.673 bits per heavy atom. The number of carbonyl (C=O) groups excluding carboxylic acids is 2. The van der Waals surface area contributed by atoms with Crippen LogP contribution in [0.3, 0.4) is 0 Å². The second-order valence-corrected chi connectivity index (χ2v) is 11.9. The molecule has 0 saturated heterocycles. The lowest BCUT2D eigenvalue weighted by atomic mass is 10.1. The SMILES string of the molecule is O=CN(Cc1cccnc1)c1ccc(-c2ccc(C(=O)NCc3cccnc3)c(NCCc3cccc(F)c3)n2)nc1NCCc1cccc(F)c1. The number of nitrogens with zero attached hydrogens (tertiary/aromatic N) is 5. The molecule has 0 fully saturated rings. The van der Waals surface area contributed by atoms with Gasteiger partial charge in [0.25, 0.3) is 5.91 Å². The van der Waals surface area contributed by atoms with E-state index in [2.05, 4.69) is 25.9 Å². The van der Waals surface area contributed by atoms with Gasteiger partial charge in [-0.15, -0.1) is 0 Å². The number of benzene rings is 2. The fraction of sp³-hybridized carbons (Fsp3) is 0.150. The van der Waals surface area contributed by atoms with E-state index in [0.29, 0.717) is 60.2 Å². The molecule has 262 valence electrons. The topological polar surface area (TPSA) is 125 Å². The highest BCUT2D eigenvalue weighted by Crippen LogP contribution is 2.30. The Morgan fingerprint density at radius 2 is 1.25 bits per heavy atom. The maximum absolute atomic E-state index is 13.9. The fourth-order valence-corrected chi connectivity index (χ4v) is 5.56. The molecule has 10 nitrogen and oxygen atoms in total. The molecule has 0 spiro atoms. The van der Waals surface area contributed by atoms with E-state index in [0.717, 1.165) is 28.7 Å². The molecule has 2 aromatic carbocycles. The number of anilines is 3. The van der Waals surface area contributed by atoms with Crippen molar-refractivity contribution >= 4 is 29.6 Å². The van der Waals surface area contributed by atoms with Crippen LogP contribution in [0.2, 0.25) is 0 Å². The molecule has 6 aromatic rings. The van der Waals surface area contributed by atoms with Gasteiger partial charge in [0, 0.05) is 44.4 Å². The molecule has 0 radical (unpaired) electrons. The number of rotatable bonds is 16. The van der Waals surface area contributed by atoms with E-state index < -0.39 is 0 Å². The summed E-state index contributed by atoms with van der Waals surface area (Å²) in [6, 6.07) is 27.0. The third kappa shape index (κ3) is 9.57. The van der Waals surface area contributed by atoms with Crippen molar-refractivity contribution < 1.29 is 18.4 Å². The van der Waals surface area contributed by atoms with Crippen molar-refractivity contribution in [2.75, 3.05) is 28.6 Å². The molecule has 0 aliphatic heterocycles. The van der Waals surface area contributed by atoms with Crippen LogP contribution in [0, 0.1) is 11.6 Å². The molecule has 4 heterocycles. The number of carbonyl (C=O) groups is 2. The van der Waals surface area contributed by atoms with Crippen molar-refractivity contribution in [3.05, 3.63) is 161 Å². The number of hydrogen-bond acceptors (Lipinski definition) is 8. The quantitative estimate of drug-likeness (QED) is 0.0965. The molecule has 4 aromatic heterocycles. The minimum absolute atomic E-state index is 0.261. The largest absolute Gasteiger partial charge is 0.369 e. The van der Waals surface area contributed by atoms with Crippen LogP contribution in [0.4, 0.5) is 26.1 Å². The summed E-state index contributed by atoms with van der Waals surface area (Å²) in [5.74, 6) is -0.226. The van der Waals surface area contributed by atoms with E-state index in [1.165, 1.54) is 29.2 Å². The highest BCUT2D eigenvalue weighted by atomic mass is 19.1. The van der Waals surface area contributed by atoms with Gasteiger partial charge in [0.05, 0.1) is 29.2 Å². The molecule has 0 saturated carbocycles. The van der Waals surface area contributed by atoms with Gasteiger partial charge in [-0.25, -0.2) is 18.7 Å². The summed E-state index contributed by atoms with van der Waals surface area (Å²) in [7, 11) is 0. The third-order valence-corrected chi connectivity index (χ3v) is 8.15. The molecule has 0 unspecified atom stereocenters. The van der Waals surface area contributed by atoms with E-state index in [9.17, 15) is 18.4 Å². The Morgan fingerprint density at radius 3 is 1.85 bits per heavy atom. The van der Waals surface area contributed by atoms with Gasteiger partial charge >= 0.3 is 0 Å². The Bertz CT molecular complexity index is 2120. The molecule has 0 atom stereocenters. The van der Waals surface area contributed by atoms with Gasteiger partial charge in [-0.1, -0.05) is 36.4 Å². The molecule has 0 bridgehead atoms. The second kappa shape index (κ2) is 17.4. The summed E-state index contributed by atoms with van der Waals surface area (Å²) in [4.78, 5) is 45.3. The lowest BCUT2D eigenvalue weighted by Crippen LogP contribution is -2.25. The second-order valence-electron chi connectivity index (χ2n) is 11.9. The minimum atomic E-state index is -0.337. The molecular formula is C40H36F2N8O2. The van der Waals surface area contributed by atoms with Gasteiger partial charge in [-0.3, -0.25) is 19.6 Å². The lowest BCUT2D eigenvalue weighted by molar-refractivity contribution is -0.107. The summed E-state index contributed by atoms with van der Waals surface area (Å²) < 4.78 is 27.7. The van der Waals surface area contributed by atoms with Gasteiger partial charge in [0.15, 0.2) is 5.82 Å². The zero-order chi connectivity index (χ0) is 36.1. The predicted octanol–water partition coefficient (Wildman–Crippen LogP) is 6.61. The summed E-state index contributed by atoms with van der Waals surface area (Å²) in [5.41, 5.74) is 5.08. The molecular weight excluding hydrogens is 662 g/mol. The zero-order valence-electron chi connectivity index (χ0n) is 28.2. The van der Waals surface area contributed by atoms with Crippen molar-refractivity contribution in [1.82, 2.24) is 25.3 Å². The van der Waals surface area contributed by atoms with Crippen molar-refractivity contribution in [3.8, 4) is 11.4 Å². The zero-order valence-corrected chi connectivity index (χ0v) is 28.2. The number of aromatic nitrogens is 4.